The molecule has 0 amide bonds. The fourth-order valence-corrected chi connectivity index (χ4v) is 1.67. The van der Waals surface area contributed by atoms with E-state index in [1.165, 1.54) is 0 Å². The number of aliphatic imine (C=N–C) groups is 1. The first-order valence-electron chi connectivity index (χ1n) is 6.56. The van der Waals surface area contributed by atoms with E-state index in [1.54, 1.807) is 7.05 Å². The largest absolute Gasteiger partial charge is 0.379 e. The minimum absolute atomic E-state index is 0. The molecule has 0 aromatic carbocycles. The highest BCUT2D eigenvalue weighted by Crippen LogP contribution is 2.07. The first-order valence-corrected chi connectivity index (χ1v) is 6.56. The molecule has 1 aliphatic heterocycles. The molecule has 1 heterocycles. The average molecular weight is 389 g/mol. The molecule has 1 saturated heterocycles. The highest BCUT2D eigenvalue weighted by Gasteiger charge is 2.15. The third kappa shape index (κ3) is 9.39. The van der Waals surface area contributed by atoms with Crippen molar-refractivity contribution in [2.75, 3.05) is 46.6 Å². The zero-order valence-electron chi connectivity index (χ0n) is 11.5. The summed E-state index contributed by atoms with van der Waals surface area (Å²) < 4.78 is 22.8. The number of hydrogen-bond donors (Lipinski definition) is 2. The topological polar surface area (TPSA) is 54.9 Å². The van der Waals surface area contributed by atoms with Crippen molar-refractivity contribution < 1.29 is 13.9 Å². The lowest BCUT2D eigenvalue weighted by Crippen LogP contribution is -2.38. The van der Waals surface area contributed by atoms with Crippen molar-refractivity contribution in [1.82, 2.24) is 10.6 Å². The van der Waals surface area contributed by atoms with Crippen LogP contribution in [0.3, 0.4) is 0 Å². The first kappa shape index (κ1) is 18.9. The fraction of sp³-hybridized carbons (Fsp3) is 0.917. The van der Waals surface area contributed by atoms with Crippen LogP contribution in [0.2, 0.25) is 0 Å². The van der Waals surface area contributed by atoms with Crippen LogP contribution in [0.1, 0.15) is 19.3 Å². The summed E-state index contributed by atoms with van der Waals surface area (Å²) in [4.78, 5) is 4.05. The van der Waals surface area contributed by atoms with Crippen molar-refractivity contribution in [1.29, 1.82) is 0 Å². The molecule has 1 fully saturated rings. The Morgan fingerprint density at radius 3 is 2.68 bits per heavy atom. The molecule has 0 aliphatic carbocycles. The quantitative estimate of drug-likeness (QED) is 0.285. The maximum Gasteiger partial charge on any atom is 0.190 e. The van der Waals surface area contributed by atoms with Crippen LogP contribution in [-0.4, -0.2) is 58.7 Å². The summed E-state index contributed by atoms with van der Waals surface area (Å²) in [6.45, 7) is 3.35. The molecule has 7 heteroatoms. The predicted octanol–water partition coefficient (Wildman–Crippen LogP) is 1.32. The van der Waals surface area contributed by atoms with Crippen molar-refractivity contribution in [2.24, 2.45) is 4.99 Å². The minimum atomic E-state index is -0.304. The summed E-state index contributed by atoms with van der Waals surface area (Å²) in [5.41, 5.74) is 0. The van der Waals surface area contributed by atoms with Crippen LogP contribution in [0.25, 0.3) is 0 Å². The molecule has 1 atom stereocenters. The molecule has 0 bridgehead atoms. The van der Waals surface area contributed by atoms with Gasteiger partial charge in [0.2, 0.25) is 0 Å². The second-order valence-electron chi connectivity index (χ2n) is 4.18. The van der Waals surface area contributed by atoms with Gasteiger partial charge in [-0.15, -0.1) is 24.0 Å². The Kier molecular flexibility index (Phi) is 12.8. The maximum absolute atomic E-state index is 11.9. The third-order valence-electron chi connectivity index (χ3n) is 2.68. The number of hydrogen-bond acceptors (Lipinski definition) is 3. The summed E-state index contributed by atoms with van der Waals surface area (Å²) >= 11 is 0. The van der Waals surface area contributed by atoms with Crippen LogP contribution in [0, 0.1) is 0 Å². The fourth-order valence-electron chi connectivity index (χ4n) is 1.67. The van der Waals surface area contributed by atoms with Crippen molar-refractivity contribution in [2.45, 2.75) is 25.4 Å². The van der Waals surface area contributed by atoms with E-state index in [4.69, 9.17) is 9.47 Å². The molecule has 0 spiro atoms. The van der Waals surface area contributed by atoms with Gasteiger partial charge in [-0.25, -0.2) is 0 Å². The van der Waals surface area contributed by atoms with Crippen molar-refractivity contribution in [3.8, 4) is 0 Å². The number of alkyl halides is 1. The Bertz CT molecular complexity index is 239. The summed E-state index contributed by atoms with van der Waals surface area (Å²) in [6, 6.07) is 0. The molecule has 114 valence electrons. The predicted molar refractivity (Wildman–Crippen MR) is 85.2 cm³/mol. The maximum atomic E-state index is 11.9. The smallest absolute Gasteiger partial charge is 0.190 e. The molecule has 1 rings (SSSR count). The van der Waals surface area contributed by atoms with Gasteiger partial charge in [-0.1, -0.05) is 0 Å². The molecular weight excluding hydrogens is 364 g/mol. The van der Waals surface area contributed by atoms with Gasteiger partial charge in [-0.3, -0.25) is 9.38 Å². The lowest BCUT2D eigenvalue weighted by atomic mass is 10.3. The Hall–Kier alpha value is -0.150. The molecule has 1 unspecified atom stereocenters. The molecule has 5 nitrogen and oxygen atoms in total. The molecule has 1 aliphatic rings. The molecule has 0 radical (unpaired) electrons. The summed E-state index contributed by atoms with van der Waals surface area (Å²) in [5.74, 6) is 0.715. The monoisotopic (exact) mass is 389 g/mol. The van der Waals surface area contributed by atoms with Gasteiger partial charge in [0.1, 0.15) is 0 Å². The Balaban J connectivity index is 0.00000324. The van der Waals surface area contributed by atoms with E-state index in [-0.39, 0.29) is 36.8 Å². The van der Waals surface area contributed by atoms with Gasteiger partial charge in [-0.2, -0.15) is 0 Å². The molecule has 0 saturated carbocycles. The summed E-state index contributed by atoms with van der Waals surface area (Å²) in [6.07, 6.45) is 2.69. The third-order valence-corrected chi connectivity index (χ3v) is 2.68. The Labute approximate surface area is 131 Å². The standard InChI is InChI=1S/C12H24FN3O2.HI/c1-14-12(15-6-2-5-13)16-7-3-8-18-11-4-9-17-10-11;/h11H,2-10H2,1H3,(H2,14,15,16);1H. The number of ether oxygens (including phenoxy) is 2. The van der Waals surface area contributed by atoms with E-state index in [0.717, 1.165) is 39.2 Å². The SMILES string of the molecule is CN=C(NCCCF)NCCCOC1CCOC1.I. The van der Waals surface area contributed by atoms with Gasteiger partial charge < -0.3 is 20.1 Å². The summed E-state index contributed by atoms with van der Waals surface area (Å²) in [5, 5.41) is 6.20. The Morgan fingerprint density at radius 2 is 2.11 bits per heavy atom. The number of nitrogens with zero attached hydrogens (tertiary/aromatic N) is 1. The number of rotatable bonds is 8. The highest BCUT2D eigenvalue weighted by atomic mass is 127. The van der Waals surface area contributed by atoms with Crippen LogP contribution in [0.5, 0.6) is 0 Å². The Morgan fingerprint density at radius 1 is 1.37 bits per heavy atom. The second-order valence-corrected chi connectivity index (χ2v) is 4.18. The van der Waals surface area contributed by atoms with Gasteiger partial charge in [0.15, 0.2) is 5.96 Å². The van der Waals surface area contributed by atoms with Crippen molar-refractivity contribution in [3.05, 3.63) is 0 Å². The molecule has 19 heavy (non-hydrogen) atoms. The molecule has 2 N–H and O–H groups in total. The highest BCUT2D eigenvalue weighted by molar-refractivity contribution is 14.0. The van der Waals surface area contributed by atoms with Gasteiger partial charge in [0.25, 0.3) is 0 Å². The van der Waals surface area contributed by atoms with Gasteiger partial charge in [-0.05, 0) is 19.3 Å². The zero-order valence-corrected chi connectivity index (χ0v) is 13.8. The lowest BCUT2D eigenvalue weighted by molar-refractivity contribution is 0.0420. The second kappa shape index (κ2) is 12.9. The van der Waals surface area contributed by atoms with Crippen LogP contribution in [0.15, 0.2) is 4.99 Å². The van der Waals surface area contributed by atoms with E-state index in [9.17, 15) is 4.39 Å². The zero-order chi connectivity index (χ0) is 13.1. The normalized spacial score (nSPS) is 19.1. The van der Waals surface area contributed by atoms with E-state index < -0.39 is 0 Å². The first-order chi connectivity index (χ1) is 8.86. The number of halogens is 2. The molecule has 0 aromatic rings. The molecule has 0 aromatic heterocycles. The van der Waals surface area contributed by atoms with Crippen LogP contribution < -0.4 is 10.6 Å². The average Bonchev–Trinajstić information content (AvgIpc) is 2.89. The van der Waals surface area contributed by atoms with Crippen LogP contribution in [0.4, 0.5) is 4.39 Å². The number of guanidine groups is 1. The van der Waals surface area contributed by atoms with E-state index in [1.807, 2.05) is 0 Å². The lowest BCUT2D eigenvalue weighted by Gasteiger charge is -2.12. The van der Waals surface area contributed by atoms with Crippen molar-refractivity contribution >= 4 is 29.9 Å². The van der Waals surface area contributed by atoms with Crippen LogP contribution >= 0.6 is 24.0 Å². The van der Waals surface area contributed by atoms with Gasteiger partial charge in [0, 0.05) is 33.4 Å². The van der Waals surface area contributed by atoms with E-state index >= 15 is 0 Å². The molecular formula is C12H25FIN3O2. The number of nitrogens with one attached hydrogen (secondary N) is 2. The van der Waals surface area contributed by atoms with E-state index in [0.29, 0.717) is 18.9 Å². The van der Waals surface area contributed by atoms with Crippen LogP contribution in [-0.2, 0) is 9.47 Å². The van der Waals surface area contributed by atoms with Gasteiger partial charge >= 0.3 is 0 Å². The van der Waals surface area contributed by atoms with E-state index in [2.05, 4.69) is 15.6 Å². The van der Waals surface area contributed by atoms with Gasteiger partial charge in [0.05, 0.1) is 19.4 Å². The van der Waals surface area contributed by atoms with Crippen molar-refractivity contribution in [3.63, 3.8) is 0 Å². The minimum Gasteiger partial charge on any atom is -0.379 e. The summed E-state index contributed by atoms with van der Waals surface area (Å²) in [7, 11) is 1.71.